The Labute approximate surface area is 193 Å². The lowest BCUT2D eigenvalue weighted by atomic mass is 10.1. The zero-order valence-electron chi connectivity index (χ0n) is 19.1. The fourth-order valence-corrected chi connectivity index (χ4v) is 3.78. The predicted molar refractivity (Wildman–Crippen MR) is 128 cm³/mol. The smallest absolute Gasteiger partial charge is 0.244 e. The molecule has 33 heavy (non-hydrogen) atoms. The predicted octanol–water partition coefficient (Wildman–Crippen LogP) is 4.02. The van der Waals surface area contributed by atoms with Crippen molar-refractivity contribution in [2.24, 2.45) is 0 Å². The lowest BCUT2D eigenvalue weighted by Crippen LogP contribution is -2.30. The van der Waals surface area contributed by atoms with Crippen molar-refractivity contribution in [3.63, 3.8) is 0 Å². The number of aryl methyl sites for hydroxylation is 2. The first-order valence-electron chi connectivity index (χ1n) is 10.9. The first kappa shape index (κ1) is 22.2. The Balaban J connectivity index is 1.48. The van der Waals surface area contributed by atoms with E-state index in [1.165, 1.54) is 17.5 Å². The molecule has 0 fully saturated rings. The first-order chi connectivity index (χ1) is 16.0. The topological polar surface area (TPSA) is 77.6 Å². The third-order valence-electron chi connectivity index (χ3n) is 5.65. The quantitative estimate of drug-likeness (QED) is 0.420. The van der Waals surface area contributed by atoms with Gasteiger partial charge >= 0.3 is 0 Å². The molecule has 0 aliphatic heterocycles. The van der Waals surface area contributed by atoms with Gasteiger partial charge in [-0.25, -0.2) is 4.98 Å². The van der Waals surface area contributed by atoms with Crippen LogP contribution >= 0.6 is 0 Å². The van der Waals surface area contributed by atoms with Crippen LogP contribution in [0.5, 0.6) is 0 Å². The van der Waals surface area contributed by atoms with Gasteiger partial charge in [-0.2, -0.15) is 10.2 Å². The van der Waals surface area contributed by atoms with Crippen LogP contribution in [0.4, 0.5) is 0 Å². The Hall–Kier alpha value is -4.00. The lowest BCUT2D eigenvalue weighted by Gasteiger charge is -2.18. The molecule has 1 atom stereocenters. The number of rotatable bonds is 8. The van der Waals surface area contributed by atoms with E-state index in [4.69, 9.17) is 0 Å². The molecule has 0 saturated carbocycles. The first-order valence-corrected chi connectivity index (χ1v) is 10.9. The molecule has 4 aromatic rings. The van der Waals surface area contributed by atoms with Crippen LogP contribution in [0.3, 0.4) is 0 Å². The molecule has 0 radical (unpaired) electrons. The summed E-state index contributed by atoms with van der Waals surface area (Å²) in [5.41, 5.74) is 6.32. The van der Waals surface area contributed by atoms with Crippen LogP contribution < -0.4 is 5.32 Å². The van der Waals surface area contributed by atoms with Gasteiger partial charge in [0.1, 0.15) is 12.7 Å². The van der Waals surface area contributed by atoms with Crippen LogP contribution in [0.2, 0.25) is 0 Å². The third kappa shape index (κ3) is 5.63. The number of aromatic nitrogens is 5. The average Bonchev–Trinajstić information content (AvgIpc) is 3.42. The summed E-state index contributed by atoms with van der Waals surface area (Å²) >= 11 is 0. The maximum Gasteiger partial charge on any atom is 0.244 e. The molecule has 7 heteroatoms. The summed E-state index contributed by atoms with van der Waals surface area (Å²) in [4.78, 5) is 16.8. The summed E-state index contributed by atoms with van der Waals surface area (Å²) in [5.74, 6) is -0.172. The molecule has 0 saturated heterocycles. The average molecular weight is 441 g/mol. The molecule has 4 rings (SSSR count). The van der Waals surface area contributed by atoms with E-state index in [0.717, 1.165) is 22.5 Å². The van der Waals surface area contributed by atoms with Crippen LogP contribution in [0.25, 0.3) is 6.08 Å². The normalized spacial score (nSPS) is 12.2. The van der Waals surface area contributed by atoms with Crippen LogP contribution in [-0.2, 0) is 17.9 Å². The summed E-state index contributed by atoms with van der Waals surface area (Å²) < 4.78 is 3.69. The SMILES string of the molecule is Cc1ccc(Cn2nc(C)c(/C=C/C(=O)NC(Cn3cncn3)c3ccccc3)c2C)cc1. The molecule has 2 heterocycles. The maximum absolute atomic E-state index is 12.8. The molecule has 1 amide bonds. The Bertz CT molecular complexity index is 1220. The summed E-state index contributed by atoms with van der Waals surface area (Å²) in [5, 5.41) is 11.9. The largest absolute Gasteiger partial charge is 0.344 e. The highest BCUT2D eigenvalue weighted by Crippen LogP contribution is 2.18. The van der Waals surface area contributed by atoms with Gasteiger partial charge in [-0.05, 0) is 38.0 Å². The van der Waals surface area contributed by atoms with Crippen molar-refractivity contribution in [1.29, 1.82) is 0 Å². The Morgan fingerprint density at radius 2 is 1.82 bits per heavy atom. The van der Waals surface area contributed by atoms with Crippen molar-refractivity contribution in [2.75, 3.05) is 0 Å². The highest BCUT2D eigenvalue weighted by atomic mass is 16.1. The number of hydrogen-bond acceptors (Lipinski definition) is 4. The van der Waals surface area contributed by atoms with Crippen molar-refractivity contribution < 1.29 is 4.79 Å². The third-order valence-corrected chi connectivity index (χ3v) is 5.65. The van der Waals surface area contributed by atoms with Gasteiger partial charge in [0.2, 0.25) is 5.91 Å². The minimum atomic E-state index is -0.225. The second-order valence-corrected chi connectivity index (χ2v) is 8.15. The van der Waals surface area contributed by atoms with Gasteiger partial charge in [0, 0.05) is 17.3 Å². The second kappa shape index (κ2) is 10.1. The number of amides is 1. The molecule has 168 valence electrons. The molecule has 2 aromatic heterocycles. The molecule has 0 bridgehead atoms. The van der Waals surface area contributed by atoms with E-state index >= 15 is 0 Å². The van der Waals surface area contributed by atoms with E-state index in [1.807, 2.05) is 54.9 Å². The molecule has 0 aliphatic carbocycles. The van der Waals surface area contributed by atoms with E-state index in [-0.39, 0.29) is 11.9 Å². The molecular weight excluding hydrogens is 412 g/mol. The molecule has 7 nitrogen and oxygen atoms in total. The summed E-state index contributed by atoms with van der Waals surface area (Å²) in [6.07, 6.45) is 6.55. The van der Waals surface area contributed by atoms with E-state index in [2.05, 4.69) is 51.7 Å². The van der Waals surface area contributed by atoms with Crippen LogP contribution in [0.15, 0.2) is 73.3 Å². The molecule has 0 spiro atoms. The number of hydrogen-bond donors (Lipinski definition) is 1. The highest BCUT2D eigenvalue weighted by Gasteiger charge is 2.15. The summed E-state index contributed by atoms with van der Waals surface area (Å²) in [6, 6.07) is 18.1. The van der Waals surface area contributed by atoms with Crippen molar-refractivity contribution in [3.05, 3.63) is 107 Å². The maximum atomic E-state index is 12.8. The molecular formula is C26H28N6O. The molecule has 2 aromatic carbocycles. The van der Waals surface area contributed by atoms with Crippen LogP contribution in [0.1, 0.15) is 39.7 Å². The Morgan fingerprint density at radius 3 is 2.52 bits per heavy atom. The van der Waals surface area contributed by atoms with Crippen molar-refractivity contribution in [2.45, 2.75) is 39.9 Å². The highest BCUT2D eigenvalue weighted by molar-refractivity contribution is 5.92. The van der Waals surface area contributed by atoms with Crippen molar-refractivity contribution in [3.8, 4) is 0 Å². The van der Waals surface area contributed by atoms with E-state index in [1.54, 1.807) is 17.1 Å². The van der Waals surface area contributed by atoms with Crippen LogP contribution in [0, 0.1) is 20.8 Å². The number of nitrogens with zero attached hydrogens (tertiary/aromatic N) is 5. The second-order valence-electron chi connectivity index (χ2n) is 8.15. The molecule has 1 unspecified atom stereocenters. The van der Waals surface area contributed by atoms with Gasteiger partial charge in [0.25, 0.3) is 0 Å². The monoisotopic (exact) mass is 440 g/mol. The minimum absolute atomic E-state index is 0.172. The van der Waals surface area contributed by atoms with Gasteiger partial charge in [0.15, 0.2) is 0 Å². The number of benzene rings is 2. The number of carbonyl (C=O) groups excluding carboxylic acids is 1. The zero-order valence-corrected chi connectivity index (χ0v) is 19.1. The molecule has 1 N–H and O–H groups in total. The van der Waals surface area contributed by atoms with Crippen molar-refractivity contribution in [1.82, 2.24) is 29.9 Å². The summed E-state index contributed by atoms with van der Waals surface area (Å²) in [7, 11) is 0. The summed E-state index contributed by atoms with van der Waals surface area (Å²) in [6.45, 7) is 7.27. The van der Waals surface area contributed by atoms with E-state index in [0.29, 0.717) is 13.1 Å². The standard InChI is InChI=1S/C26H28N6O/c1-19-9-11-22(12-10-19)15-32-21(3)24(20(2)30-32)13-14-26(33)29-25(16-31-18-27-17-28-31)23-7-5-4-6-8-23/h4-14,17-18,25H,15-16H2,1-3H3,(H,29,33)/b14-13+. The Morgan fingerprint density at radius 1 is 1.06 bits per heavy atom. The van der Waals surface area contributed by atoms with Gasteiger partial charge < -0.3 is 5.32 Å². The van der Waals surface area contributed by atoms with E-state index < -0.39 is 0 Å². The van der Waals surface area contributed by atoms with Gasteiger partial charge in [-0.1, -0.05) is 60.2 Å². The fraction of sp³-hybridized carbons (Fsp3) is 0.231. The number of nitrogens with one attached hydrogen (secondary N) is 1. The number of carbonyl (C=O) groups is 1. The molecule has 0 aliphatic rings. The minimum Gasteiger partial charge on any atom is -0.344 e. The zero-order chi connectivity index (χ0) is 23.2. The van der Waals surface area contributed by atoms with E-state index in [9.17, 15) is 4.79 Å². The van der Waals surface area contributed by atoms with Gasteiger partial charge in [-0.3, -0.25) is 14.2 Å². The van der Waals surface area contributed by atoms with Crippen molar-refractivity contribution >= 4 is 12.0 Å². The van der Waals surface area contributed by atoms with Gasteiger partial charge in [0.05, 0.1) is 24.8 Å². The lowest BCUT2D eigenvalue weighted by molar-refractivity contribution is -0.117. The van der Waals surface area contributed by atoms with Crippen LogP contribution in [-0.4, -0.2) is 30.5 Å². The Kier molecular flexibility index (Phi) is 6.78. The van der Waals surface area contributed by atoms with Gasteiger partial charge in [-0.15, -0.1) is 0 Å². The fourth-order valence-electron chi connectivity index (χ4n) is 3.78.